The predicted octanol–water partition coefficient (Wildman–Crippen LogP) is 5.64. The Kier molecular flexibility index (Phi) is 5.53. The zero-order valence-corrected chi connectivity index (χ0v) is 13.4. The summed E-state index contributed by atoms with van der Waals surface area (Å²) in [6, 6.07) is 12.4. The van der Waals surface area contributed by atoms with E-state index in [9.17, 15) is 0 Å². The maximum Gasteiger partial charge on any atom is 0.134 e. The van der Waals surface area contributed by atoms with Gasteiger partial charge >= 0.3 is 0 Å². The van der Waals surface area contributed by atoms with Crippen LogP contribution in [0.3, 0.4) is 0 Å². The highest BCUT2D eigenvalue weighted by atomic mass is 79.9. The van der Waals surface area contributed by atoms with E-state index >= 15 is 0 Å². The first-order chi connectivity index (χ1) is 9.22. The topological polar surface area (TPSA) is 9.23 Å². The van der Waals surface area contributed by atoms with Crippen molar-refractivity contribution in [2.75, 3.05) is 12.5 Å². The first-order valence-corrected chi connectivity index (χ1v) is 7.91. The minimum atomic E-state index is 0.608. The van der Waals surface area contributed by atoms with Gasteiger partial charge in [0.1, 0.15) is 5.75 Å². The second kappa shape index (κ2) is 7.16. The summed E-state index contributed by atoms with van der Waals surface area (Å²) in [4.78, 5) is 0. The number of benzene rings is 2. The fourth-order valence-electron chi connectivity index (χ4n) is 2.03. The summed E-state index contributed by atoms with van der Waals surface area (Å²) in [5.41, 5.74) is 0. The van der Waals surface area contributed by atoms with Gasteiger partial charge in [-0.05, 0) is 51.5 Å². The van der Waals surface area contributed by atoms with Crippen LogP contribution in [0.2, 0.25) is 0 Å². The van der Waals surface area contributed by atoms with Gasteiger partial charge in [-0.25, -0.2) is 0 Å². The van der Waals surface area contributed by atoms with Gasteiger partial charge in [-0.1, -0.05) is 37.3 Å². The molecule has 0 aromatic heterocycles. The lowest BCUT2D eigenvalue weighted by atomic mass is 10.1. The lowest BCUT2D eigenvalue weighted by Crippen LogP contribution is -2.05. The number of halogens is 2. The minimum absolute atomic E-state index is 0.608. The molecule has 0 saturated carbocycles. The molecule has 0 saturated heterocycles. The van der Waals surface area contributed by atoms with Gasteiger partial charge < -0.3 is 4.74 Å². The van der Waals surface area contributed by atoms with Gasteiger partial charge in [-0.3, -0.25) is 0 Å². The van der Waals surface area contributed by atoms with Crippen molar-refractivity contribution >= 4 is 38.3 Å². The molecule has 102 valence electrons. The Morgan fingerprint density at radius 3 is 2.74 bits per heavy atom. The van der Waals surface area contributed by atoms with E-state index in [0.29, 0.717) is 5.92 Å². The molecular weight excluding hydrogens is 324 g/mol. The Labute approximate surface area is 128 Å². The predicted molar refractivity (Wildman–Crippen MR) is 86.3 cm³/mol. The normalized spacial score (nSPS) is 12.6. The SMILES string of the molecule is CC(CCCl)CCOc1ccc2ccccc2c1Br. The zero-order chi connectivity index (χ0) is 13.7. The standard InChI is InChI=1S/C16H18BrClO/c1-12(8-10-18)9-11-19-15-7-6-13-4-2-3-5-14(13)16(15)17/h2-7,12H,8-11H2,1H3. The van der Waals surface area contributed by atoms with Gasteiger partial charge in [-0.2, -0.15) is 0 Å². The minimum Gasteiger partial charge on any atom is -0.492 e. The Hall–Kier alpha value is -0.730. The average molecular weight is 342 g/mol. The van der Waals surface area contributed by atoms with Crippen LogP contribution < -0.4 is 4.74 Å². The first-order valence-electron chi connectivity index (χ1n) is 6.58. The monoisotopic (exact) mass is 340 g/mol. The Morgan fingerprint density at radius 2 is 1.95 bits per heavy atom. The van der Waals surface area contributed by atoms with Crippen molar-refractivity contribution in [1.82, 2.24) is 0 Å². The number of ether oxygens (including phenoxy) is 1. The van der Waals surface area contributed by atoms with E-state index in [0.717, 1.165) is 35.6 Å². The third kappa shape index (κ3) is 3.87. The summed E-state index contributed by atoms with van der Waals surface area (Å²) in [6.45, 7) is 2.94. The quantitative estimate of drug-likeness (QED) is 0.618. The maximum atomic E-state index is 5.87. The van der Waals surface area contributed by atoms with Crippen LogP contribution >= 0.6 is 27.5 Å². The highest BCUT2D eigenvalue weighted by Crippen LogP contribution is 2.33. The number of alkyl halides is 1. The van der Waals surface area contributed by atoms with E-state index in [4.69, 9.17) is 16.3 Å². The van der Waals surface area contributed by atoms with Crippen LogP contribution in [0.1, 0.15) is 19.8 Å². The highest BCUT2D eigenvalue weighted by Gasteiger charge is 2.07. The van der Waals surface area contributed by atoms with Crippen molar-refractivity contribution in [3.05, 3.63) is 40.9 Å². The van der Waals surface area contributed by atoms with Gasteiger partial charge in [0.2, 0.25) is 0 Å². The summed E-state index contributed by atoms with van der Waals surface area (Å²) in [5.74, 6) is 2.24. The largest absolute Gasteiger partial charge is 0.492 e. The molecule has 1 atom stereocenters. The number of hydrogen-bond acceptors (Lipinski definition) is 1. The third-order valence-corrected chi connectivity index (χ3v) is 4.33. The van der Waals surface area contributed by atoms with Crippen LogP contribution in [0, 0.1) is 5.92 Å². The van der Waals surface area contributed by atoms with Gasteiger partial charge in [0.25, 0.3) is 0 Å². The molecule has 2 rings (SSSR count). The van der Waals surface area contributed by atoms with Gasteiger partial charge in [0, 0.05) is 5.88 Å². The summed E-state index contributed by atoms with van der Waals surface area (Å²) in [7, 11) is 0. The number of hydrogen-bond donors (Lipinski definition) is 0. The lowest BCUT2D eigenvalue weighted by molar-refractivity contribution is 0.281. The van der Waals surface area contributed by atoms with E-state index in [2.05, 4.69) is 41.1 Å². The van der Waals surface area contributed by atoms with Gasteiger partial charge in [-0.15, -0.1) is 11.6 Å². The van der Waals surface area contributed by atoms with Crippen molar-refractivity contribution in [1.29, 1.82) is 0 Å². The Balaban J connectivity index is 2.03. The van der Waals surface area contributed by atoms with E-state index in [1.807, 2.05) is 18.2 Å². The smallest absolute Gasteiger partial charge is 0.134 e. The zero-order valence-electron chi connectivity index (χ0n) is 11.0. The fraction of sp³-hybridized carbons (Fsp3) is 0.375. The van der Waals surface area contributed by atoms with Crippen LogP contribution in [0.5, 0.6) is 5.75 Å². The molecule has 19 heavy (non-hydrogen) atoms. The van der Waals surface area contributed by atoms with E-state index in [1.54, 1.807) is 0 Å². The van der Waals surface area contributed by atoms with Gasteiger partial charge in [0.05, 0.1) is 11.1 Å². The summed E-state index contributed by atoms with van der Waals surface area (Å²) in [6.07, 6.45) is 2.08. The molecular formula is C16H18BrClO. The highest BCUT2D eigenvalue weighted by molar-refractivity contribution is 9.10. The van der Waals surface area contributed by atoms with E-state index in [1.165, 1.54) is 10.8 Å². The molecule has 0 fully saturated rings. The first kappa shape index (κ1) is 14.7. The fourth-order valence-corrected chi connectivity index (χ4v) is 3.01. The number of rotatable bonds is 6. The Morgan fingerprint density at radius 1 is 1.16 bits per heavy atom. The van der Waals surface area contributed by atoms with Crippen molar-refractivity contribution in [2.45, 2.75) is 19.8 Å². The van der Waals surface area contributed by atoms with Crippen molar-refractivity contribution in [3.63, 3.8) is 0 Å². The van der Waals surface area contributed by atoms with Crippen LogP contribution in [0.25, 0.3) is 10.8 Å². The molecule has 0 N–H and O–H groups in total. The average Bonchev–Trinajstić information content (AvgIpc) is 2.42. The van der Waals surface area contributed by atoms with Gasteiger partial charge in [0.15, 0.2) is 0 Å². The molecule has 2 aromatic rings. The van der Waals surface area contributed by atoms with Crippen LogP contribution in [0.15, 0.2) is 40.9 Å². The molecule has 0 amide bonds. The van der Waals surface area contributed by atoms with Crippen LogP contribution in [-0.2, 0) is 0 Å². The Bertz CT molecular complexity index is 541. The lowest BCUT2D eigenvalue weighted by Gasteiger charge is -2.13. The van der Waals surface area contributed by atoms with E-state index in [-0.39, 0.29) is 0 Å². The maximum absolute atomic E-state index is 5.87. The molecule has 0 bridgehead atoms. The van der Waals surface area contributed by atoms with E-state index < -0.39 is 0 Å². The molecule has 0 radical (unpaired) electrons. The molecule has 3 heteroatoms. The van der Waals surface area contributed by atoms with Crippen molar-refractivity contribution < 1.29 is 4.74 Å². The second-order valence-corrected chi connectivity index (χ2v) is 5.99. The molecule has 1 nitrogen and oxygen atoms in total. The van der Waals surface area contributed by atoms with Crippen molar-refractivity contribution in [2.24, 2.45) is 5.92 Å². The second-order valence-electron chi connectivity index (χ2n) is 4.82. The van der Waals surface area contributed by atoms with Crippen molar-refractivity contribution in [3.8, 4) is 5.75 Å². The van der Waals surface area contributed by atoms with Crippen LogP contribution in [0.4, 0.5) is 0 Å². The summed E-state index contributed by atoms with van der Waals surface area (Å²) >= 11 is 9.37. The molecule has 2 aromatic carbocycles. The third-order valence-electron chi connectivity index (χ3n) is 3.30. The molecule has 1 unspecified atom stereocenters. The molecule has 0 aliphatic carbocycles. The summed E-state index contributed by atoms with van der Waals surface area (Å²) < 4.78 is 6.91. The molecule has 0 heterocycles. The summed E-state index contributed by atoms with van der Waals surface area (Å²) in [5, 5.41) is 2.41. The molecule has 0 spiro atoms. The number of fused-ring (bicyclic) bond motifs is 1. The molecule has 0 aliphatic rings. The molecule has 0 aliphatic heterocycles. The van der Waals surface area contributed by atoms with Crippen LogP contribution in [-0.4, -0.2) is 12.5 Å².